The molecule has 2 amide bonds. The van der Waals surface area contributed by atoms with E-state index in [9.17, 15) is 9.59 Å². The van der Waals surface area contributed by atoms with E-state index in [0.717, 1.165) is 41.1 Å². The van der Waals surface area contributed by atoms with Crippen LogP contribution in [0.4, 0.5) is 5.69 Å². The number of nitrogens with zero attached hydrogens (tertiary/aromatic N) is 1. The fourth-order valence-corrected chi connectivity index (χ4v) is 5.60. The minimum absolute atomic E-state index is 0.0404. The molecule has 1 aliphatic heterocycles. The fraction of sp³-hybridized carbons (Fsp3) is 0.333. The van der Waals surface area contributed by atoms with Crippen LogP contribution in [0.1, 0.15) is 53.8 Å². The molecule has 0 bridgehead atoms. The van der Waals surface area contributed by atoms with E-state index in [1.807, 2.05) is 47.5 Å². The second-order valence-corrected chi connectivity index (χ2v) is 9.75. The Morgan fingerprint density at radius 2 is 2.03 bits per heavy atom. The monoisotopic (exact) mass is 460 g/mol. The number of hydrogen-bond acceptors (Lipinski definition) is 4. The molecule has 2 heterocycles. The number of amides is 2. The number of carbonyl (C=O) groups is 2. The third-order valence-electron chi connectivity index (χ3n) is 6.51. The Morgan fingerprint density at radius 1 is 1.15 bits per heavy atom. The molecule has 1 aliphatic carbocycles. The molecule has 0 radical (unpaired) electrons. The first-order chi connectivity index (χ1) is 16.1. The van der Waals surface area contributed by atoms with Crippen LogP contribution in [0.15, 0.2) is 60.0 Å². The molecule has 6 heteroatoms. The zero-order valence-corrected chi connectivity index (χ0v) is 19.6. The van der Waals surface area contributed by atoms with Gasteiger partial charge < -0.3 is 15.0 Å². The van der Waals surface area contributed by atoms with Crippen molar-refractivity contribution in [3.8, 4) is 5.75 Å². The van der Waals surface area contributed by atoms with Gasteiger partial charge >= 0.3 is 0 Å². The number of ether oxygens (including phenoxy) is 1. The summed E-state index contributed by atoms with van der Waals surface area (Å²) in [5.41, 5.74) is 4.23. The van der Waals surface area contributed by atoms with Gasteiger partial charge in [-0.05, 0) is 66.5 Å². The Bertz CT molecular complexity index is 1160. The van der Waals surface area contributed by atoms with Crippen molar-refractivity contribution >= 4 is 28.8 Å². The normalized spacial score (nSPS) is 19.8. The SMILES string of the molecule is CCC1Oc2ccc(NC(=O)Cc3cccs3)cc2CN(C2CCCc3ccccc32)C1=O. The van der Waals surface area contributed by atoms with Crippen LogP contribution >= 0.6 is 11.3 Å². The molecule has 3 aromatic rings. The molecule has 1 N–H and O–H groups in total. The number of aryl methyl sites for hydroxylation is 1. The molecular formula is C27H28N2O3S. The van der Waals surface area contributed by atoms with E-state index in [1.54, 1.807) is 11.3 Å². The summed E-state index contributed by atoms with van der Waals surface area (Å²) in [6, 6.07) is 18.1. The van der Waals surface area contributed by atoms with E-state index >= 15 is 0 Å². The summed E-state index contributed by atoms with van der Waals surface area (Å²) in [7, 11) is 0. The number of carbonyl (C=O) groups excluding carboxylic acids is 2. The molecule has 2 atom stereocenters. The van der Waals surface area contributed by atoms with Crippen LogP contribution in [0, 0.1) is 0 Å². The van der Waals surface area contributed by atoms with Gasteiger partial charge in [-0.15, -0.1) is 11.3 Å². The van der Waals surface area contributed by atoms with E-state index in [2.05, 4.69) is 29.6 Å². The molecular weight excluding hydrogens is 432 g/mol. The highest BCUT2D eigenvalue weighted by Crippen LogP contribution is 2.39. The second-order valence-electron chi connectivity index (χ2n) is 8.71. The molecule has 0 spiro atoms. The number of benzene rings is 2. The highest BCUT2D eigenvalue weighted by molar-refractivity contribution is 7.10. The number of rotatable bonds is 5. The molecule has 2 aromatic carbocycles. The van der Waals surface area contributed by atoms with Crippen molar-refractivity contribution in [2.45, 2.75) is 57.7 Å². The molecule has 170 valence electrons. The number of hydrogen-bond donors (Lipinski definition) is 1. The maximum atomic E-state index is 13.5. The van der Waals surface area contributed by atoms with Gasteiger partial charge in [0.15, 0.2) is 6.10 Å². The van der Waals surface area contributed by atoms with Gasteiger partial charge in [-0.2, -0.15) is 0 Å². The summed E-state index contributed by atoms with van der Waals surface area (Å²) in [6.07, 6.45) is 3.54. The lowest BCUT2D eigenvalue weighted by atomic mass is 9.86. The van der Waals surface area contributed by atoms with E-state index in [0.29, 0.717) is 19.4 Å². The molecule has 2 aliphatic rings. The molecule has 0 fully saturated rings. The Morgan fingerprint density at radius 3 is 2.85 bits per heavy atom. The van der Waals surface area contributed by atoms with Crippen LogP contribution < -0.4 is 10.1 Å². The maximum absolute atomic E-state index is 13.5. The van der Waals surface area contributed by atoms with Crippen molar-refractivity contribution in [1.82, 2.24) is 4.90 Å². The quantitative estimate of drug-likeness (QED) is 0.546. The molecule has 5 nitrogen and oxygen atoms in total. The predicted molar refractivity (Wildman–Crippen MR) is 130 cm³/mol. The third kappa shape index (κ3) is 4.53. The molecule has 0 saturated heterocycles. The van der Waals surface area contributed by atoms with Gasteiger partial charge in [0.1, 0.15) is 5.75 Å². The first kappa shape index (κ1) is 21.7. The largest absolute Gasteiger partial charge is 0.480 e. The van der Waals surface area contributed by atoms with Crippen molar-refractivity contribution in [2.75, 3.05) is 5.32 Å². The topological polar surface area (TPSA) is 58.6 Å². The van der Waals surface area contributed by atoms with Gasteiger partial charge in [0.05, 0.1) is 19.0 Å². The van der Waals surface area contributed by atoms with Crippen LogP contribution in [0.25, 0.3) is 0 Å². The van der Waals surface area contributed by atoms with Gasteiger partial charge in [-0.1, -0.05) is 37.3 Å². The Kier molecular flexibility index (Phi) is 6.18. The fourth-order valence-electron chi connectivity index (χ4n) is 4.90. The average molecular weight is 461 g/mol. The summed E-state index contributed by atoms with van der Waals surface area (Å²) >= 11 is 1.58. The Hall–Kier alpha value is -3.12. The van der Waals surface area contributed by atoms with Crippen LogP contribution in [0.3, 0.4) is 0 Å². The van der Waals surface area contributed by atoms with Crippen molar-refractivity contribution in [1.29, 1.82) is 0 Å². The van der Waals surface area contributed by atoms with Crippen molar-refractivity contribution in [3.63, 3.8) is 0 Å². The Balaban J connectivity index is 1.43. The highest BCUT2D eigenvalue weighted by atomic mass is 32.1. The van der Waals surface area contributed by atoms with Crippen LogP contribution in [-0.2, 0) is 29.0 Å². The Labute approximate surface area is 198 Å². The number of anilines is 1. The average Bonchev–Trinajstić information content (AvgIpc) is 3.29. The van der Waals surface area contributed by atoms with E-state index in [1.165, 1.54) is 11.1 Å². The number of nitrogens with one attached hydrogen (secondary N) is 1. The summed E-state index contributed by atoms with van der Waals surface area (Å²) in [5.74, 6) is 0.712. The standard InChI is InChI=1S/C27H28N2O3S/c1-2-24-27(31)29(23-11-5-8-18-7-3-4-10-22(18)23)17-19-15-20(12-13-25(19)32-24)28-26(30)16-21-9-6-14-33-21/h3-4,6-7,9-10,12-15,23-24H,2,5,8,11,16-17H2,1H3,(H,28,30). The molecule has 33 heavy (non-hydrogen) atoms. The van der Waals surface area contributed by atoms with Crippen molar-refractivity contribution in [3.05, 3.63) is 81.5 Å². The molecule has 0 saturated carbocycles. The lowest BCUT2D eigenvalue weighted by Gasteiger charge is -2.36. The maximum Gasteiger partial charge on any atom is 0.264 e. The summed E-state index contributed by atoms with van der Waals surface area (Å²) < 4.78 is 6.17. The lowest BCUT2D eigenvalue weighted by molar-refractivity contribution is -0.141. The number of fused-ring (bicyclic) bond motifs is 2. The molecule has 2 unspecified atom stereocenters. The summed E-state index contributed by atoms with van der Waals surface area (Å²) in [5, 5.41) is 4.98. The van der Waals surface area contributed by atoms with Gasteiger partial charge in [0, 0.05) is 16.1 Å². The first-order valence-corrected chi connectivity index (χ1v) is 12.5. The van der Waals surface area contributed by atoms with Crippen LogP contribution in [0.5, 0.6) is 5.75 Å². The zero-order valence-electron chi connectivity index (χ0n) is 18.8. The van der Waals surface area contributed by atoms with E-state index < -0.39 is 6.10 Å². The minimum Gasteiger partial charge on any atom is -0.480 e. The second kappa shape index (κ2) is 9.40. The predicted octanol–water partition coefficient (Wildman–Crippen LogP) is 5.51. The number of thiophene rings is 1. The summed E-state index contributed by atoms with van der Waals surface area (Å²) in [4.78, 5) is 29.1. The van der Waals surface area contributed by atoms with Crippen molar-refractivity contribution < 1.29 is 14.3 Å². The van der Waals surface area contributed by atoms with Gasteiger partial charge in [0.25, 0.3) is 5.91 Å². The van der Waals surface area contributed by atoms with Crippen LogP contribution in [0.2, 0.25) is 0 Å². The van der Waals surface area contributed by atoms with E-state index in [-0.39, 0.29) is 17.9 Å². The van der Waals surface area contributed by atoms with Crippen molar-refractivity contribution in [2.24, 2.45) is 0 Å². The first-order valence-electron chi connectivity index (χ1n) is 11.6. The summed E-state index contributed by atoms with van der Waals surface area (Å²) in [6.45, 7) is 2.46. The van der Waals surface area contributed by atoms with Gasteiger partial charge in [0.2, 0.25) is 5.91 Å². The van der Waals surface area contributed by atoms with Crippen LogP contribution in [-0.4, -0.2) is 22.8 Å². The highest BCUT2D eigenvalue weighted by Gasteiger charge is 2.36. The van der Waals surface area contributed by atoms with Gasteiger partial charge in [-0.3, -0.25) is 9.59 Å². The lowest BCUT2D eigenvalue weighted by Crippen LogP contribution is -2.42. The van der Waals surface area contributed by atoms with Gasteiger partial charge in [-0.25, -0.2) is 0 Å². The minimum atomic E-state index is -0.500. The van der Waals surface area contributed by atoms with E-state index in [4.69, 9.17) is 4.74 Å². The third-order valence-corrected chi connectivity index (χ3v) is 7.39. The molecule has 1 aromatic heterocycles. The zero-order chi connectivity index (χ0) is 22.8. The smallest absolute Gasteiger partial charge is 0.264 e. The molecule has 5 rings (SSSR count).